The average molecular weight is 402 g/mol. The highest BCUT2D eigenvalue weighted by Gasteiger charge is 2.31. The van der Waals surface area contributed by atoms with Gasteiger partial charge in [0.1, 0.15) is 5.75 Å². The maximum absolute atomic E-state index is 12.2. The van der Waals surface area contributed by atoms with Crippen LogP contribution >= 0.6 is 0 Å². The molecule has 2 N–H and O–H groups in total. The molecule has 3 heterocycles. The summed E-state index contributed by atoms with van der Waals surface area (Å²) in [6.45, 7) is 0. The summed E-state index contributed by atoms with van der Waals surface area (Å²) in [4.78, 5) is 10.4. The van der Waals surface area contributed by atoms with Gasteiger partial charge < -0.3 is 15.0 Å². The van der Waals surface area contributed by atoms with E-state index in [2.05, 4.69) is 40.7 Å². The summed E-state index contributed by atoms with van der Waals surface area (Å²) >= 11 is 0. The predicted molar refractivity (Wildman–Crippen MR) is 99.8 cm³/mol. The topological polar surface area (TPSA) is 100 Å². The van der Waals surface area contributed by atoms with Crippen LogP contribution in [0.2, 0.25) is 0 Å². The number of nitrogens with one attached hydrogen (secondary N) is 2. The van der Waals surface area contributed by atoms with E-state index in [1.54, 1.807) is 6.20 Å². The molecule has 1 aliphatic rings. The largest absolute Gasteiger partial charge is 0.573 e. The third-order valence-electron chi connectivity index (χ3n) is 3.86. The molecule has 4 rings (SSSR count). The van der Waals surface area contributed by atoms with Gasteiger partial charge in [-0.05, 0) is 42.0 Å². The Balaban J connectivity index is 1.44. The Hall–Kier alpha value is -3.96. The number of ether oxygens (including phenoxy) is 1. The van der Waals surface area contributed by atoms with Gasteiger partial charge in [-0.25, -0.2) is 10.4 Å². The monoisotopic (exact) mass is 402 g/mol. The van der Waals surface area contributed by atoms with Gasteiger partial charge in [0.2, 0.25) is 0 Å². The highest BCUT2D eigenvalue weighted by Crippen LogP contribution is 2.38. The second-order valence-electron chi connectivity index (χ2n) is 5.85. The van der Waals surface area contributed by atoms with E-state index in [0.29, 0.717) is 23.0 Å². The van der Waals surface area contributed by atoms with E-state index in [1.807, 2.05) is 24.1 Å². The van der Waals surface area contributed by atoms with Crippen LogP contribution < -0.4 is 20.4 Å². The molecule has 0 radical (unpaired) electrons. The van der Waals surface area contributed by atoms with Gasteiger partial charge in [0, 0.05) is 13.2 Å². The molecular weight excluding hydrogens is 389 g/mol. The number of hydrogen-bond acceptors (Lipinski definition) is 9. The Kier molecular flexibility index (Phi) is 4.58. The van der Waals surface area contributed by atoms with Crippen LogP contribution in [-0.4, -0.2) is 39.8 Å². The number of halogens is 3. The summed E-state index contributed by atoms with van der Waals surface area (Å²) in [5.41, 5.74) is 4.03. The minimum Gasteiger partial charge on any atom is -0.406 e. The zero-order valence-corrected chi connectivity index (χ0v) is 14.8. The molecule has 0 bridgehead atoms. The first kappa shape index (κ1) is 18.4. The van der Waals surface area contributed by atoms with Gasteiger partial charge in [-0.15, -0.1) is 23.4 Å². The minimum absolute atomic E-state index is 0.151. The van der Waals surface area contributed by atoms with Gasteiger partial charge in [0.15, 0.2) is 17.5 Å². The molecule has 12 heteroatoms. The molecule has 0 atom stereocenters. The van der Waals surface area contributed by atoms with E-state index in [4.69, 9.17) is 0 Å². The smallest absolute Gasteiger partial charge is 0.406 e. The lowest BCUT2D eigenvalue weighted by molar-refractivity contribution is -0.274. The lowest BCUT2D eigenvalue weighted by atomic mass is 10.2. The van der Waals surface area contributed by atoms with Crippen molar-refractivity contribution in [2.45, 2.75) is 6.36 Å². The predicted octanol–water partition coefficient (Wildman–Crippen LogP) is 3.44. The van der Waals surface area contributed by atoms with Gasteiger partial charge >= 0.3 is 6.36 Å². The van der Waals surface area contributed by atoms with Crippen molar-refractivity contribution < 1.29 is 17.9 Å². The Morgan fingerprint density at radius 2 is 1.93 bits per heavy atom. The van der Waals surface area contributed by atoms with Crippen molar-refractivity contribution in [3.63, 3.8) is 0 Å². The maximum Gasteiger partial charge on any atom is 0.573 e. The van der Waals surface area contributed by atoms with Crippen LogP contribution in [0.3, 0.4) is 0 Å². The van der Waals surface area contributed by atoms with Crippen LogP contribution in [0.5, 0.6) is 5.75 Å². The van der Waals surface area contributed by atoms with Crippen LogP contribution in [-0.2, 0) is 0 Å². The van der Waals surface area contributed by atoms with Gasteiger partial charge in [0.05, 0.1) is 11.9 Å². The van der Waals surface area contributed by atoms with Crippen molar-refractivity contribution in [3.8, 4) is 5.75 Å². The molecule has 1 aliphatic heterocycles. The summed E-state index contributed by atoms with van der Waals surface area (Å²) in [6, 6.07) is 8.94. The summed E-state index contributed by atoms with van der Waals surface area (Å²) < 4.78 is 40.3. The molecule has 29 heavy (non-hydrogen) atoms. The normalized spacial score (nSPS) is 12.9. The van der Waals surface area contributed by atoms with E-state index in [-0.39, 0.29) is 11.7 Å². The summed E-state index contributed by atoms with van der Waals surface area (Å²) in [6.07, 6.45) is -1.66. The number of nitrogens with zero attached hydrogens (tertiary/aromatic N) is 6. The lowest BCUT2D eigenvalue weighted by Gasteiger charge is -2.27. The number of anilines is 5. The van der Waals surface area contributed by atoms with Crippen molar-refractivity contribution in [1.82, 2.24) is 20.2 Å². The number of pyridine rings is 1. The molecular formula is C17H13F3N8O. The highest BCUT2D eigenvalue weighted by atomic mass is 19.4. The summed E-state index contributed by atoms with van der Waals surface area (Å²) in [7, 11) is 1.83. The number of rotatable bonds is 4. The number of hydrogen-bond donors (Lipinski definition) is 2. The Morgan fingerprint density at radius 1 is 1.14 bits per heavy atom. The summed E-state index contributed by atoms with van der Waals surface area (Å²) in [5, 5.41) is 15.0. The number of hydrazone groups is 1. The van der Waals surface area contributed by atoms with E-state index >= 15 is 0 Å². The molecule has 3 aromatic rings. The molecule has 0 unspecified atom stereocenters. The number of fused-ring (bicyclic) bond motifs is 2. The molecule has 2 aromatic heterocycles. The Bertz CT molecular complexity index is 1060. The van der Waals surface area contributed by atoms with E-state index in [9.17, 15) is 13.2 Å². The molecule has 0 saturated carbocycles. The van der Waals surface area contributed by atoms with E-state index in [0.717, 1.165) is 5.69 Å². The van der Waals surface area contributed by atoms with Crippen LogP contribution in [0.4, 0.5) is 42.3 Å². The summed E-state index contributed by atoms with van der Waals surface area (Å²) in [5.74, 6) is 1.48. The van der Waals surface area contributed by atoms with Crippen LogP contribution in [0, 0.1) is 0 Å². The highest BCUT2D eigenvalue weighted by molar-refractivity contribution is 5.85. The van der Waals surface area contributed by atoms with Gasteiger partial charge in [-0.1, -0.05) is 0 Å². The Morgan fingerprint density at radius 3 is 2.69 bits per heavy atom. The molecule has 9 nitrogen and oxygen atoms in total. The molecule has 1 aromatic carbocycles. The number of aromatic nitrogens is 4. The molecule has 0 aliphatic carbocycles. The number of alkyl halides is 3. The zero-order valence-electron chi connectivity index (χ0n) is 14.8. The fraction of sp³-hybridized carbons (Fsp3) is 0.118. The molecule has 0 amide bonds. The van der Waals surface area contributed by atoms with Crippen LogP contribution in [0.1, 0.15) is 5.56 Å². The quantitative estimate of drug-likeness (QED) is 0.506. The average Bonchev–Trinajstić information content (AvgIpc) is 2.69. The second kappa shape index (κ2) is 7.22. The maximum atomic E-state index is 12.2. The first-order chi connectivity index (χ1) is 13.9. The zero-order chi connectivity index (χ0) is 20.4. The second-order valence-corrected chi connectivity index (χ2v) is 5.85. The number of benzene rings is 1. The minimum atomic E-state index is -4.73. The van der Waals surface area contributed by atoms with Crippen LogP contribution in [0.25, 0.3) is 0 Å². The molecule has 148 valence electrons. The standard InChI is InChI=1S/C17H13F3N8O/c1-28-12-3-2-8-21-13(12)23-14-15(28)24-16(27-25-14)26-22-9-10-4-6-11(7-5-10)29-17(18,19)20/h2-9H,1H3,(H,21,23,25)(H,24,26,27). The fourth-order valence-corrected chi connectivity index (χ4v) is 2.59. The third kappa shape index (κ3) is 4.15. The van der Waals surface area contributed by atoms with Crippen molar-refractivity contribution in [3.05, 3.63) is 48.2 Å². The van der Waals surface area contributed by atoms with Gasteiger partial charge in [0.25, 0.3) is 5.95 Å². The SMILES string of the molecule is CN1c2cccnc2Nc2nnc(NN=Cc3ccc(OC(F)(F)F)cc3)nc21. The van der Waals surface area contributed by atoms with Crippen molar-refractivity contribution in [2.24, 2.45) is 5.10 Å². The van der Waals surface area contributed by atoms with E-state index < -0.39 is 6.36 Å². The first-order valence-electron chi connectivity index (χ1n) is 8.24. The first-order valence-corrected chi connectivity index (χ1v) is 8.24. The van der Waals surface area contributed by atoms with Crippen molar-refractivity contribution in [2.75, 3.05) is 22.7 Å². The van der Waals surface area contributed by atoms with E-state index in [1.165, 1.54) is 30.5 Å². The third-order valence-corrected chi connectivity index (χ3v) is 3.86. The Labute approximate surface area is 162 Å². The van der Waals surface area contributed by atoms with Crippen molar-refractivity contribution >= 4 is 35.3 Å². The van der Waals surface area contributed by atoms with Crippen LogP contribution in [0.15, 0.2) is 47.7 Å². The molecule has 0 fully saturated rings. The molecule has 0 saturated heterocycles. The van der Waals surface area contributed by atoms with Crippen molar-refractivity contribution in [1.29, 1.82) is 0 Å². The van der Waals surface area contributed by atoms with Gasteiger partial charge in [-0.2, -0.15) is 10.1 Å². The van der Waals surface area contributed by atoms with Gasteiger partial charge in [-0.3, -0.25) is 0 Å². The lowest BCUT2D eigenvalue weighted by Crippen LogP contribution is -2.21. The fourth-order valence-electron chi connectivity index (χ4n) is 2.59. The molecule has 0 spiro atoms.